The Hall–Kier alpha value is -7.93. The van der Waals surface area contributed by atoms with Crippen molar-refractivity contribution in [1.29, 1.82) is 0 Å². The van der Waals surface area contributed by atoms with Gasteiger partial charge < -0.3 is 40.8 Å². The number of benzene rings is 4. The third kappa shape index (κ3) is 30.9. The molecule has 0 fully saturated rings. The Morgan fingerprint density at radius 2 is 0.912 bits per heavy atom. The molecule has 43 heteroatoms. The highest BCUT2D eigenvalue weighted by Gasteiger charge is 2.47. The van der Waals surface area contributed by atoms with Crippen molar-refractivity contribution in [1.82, 2.24) is 5.32 Å². The predicted molar refractivity (Wildman–Crippen MR) is 470 cm³/mol. The van der Waals surface area contributed by atoms with E-state index in [2.05, 4.69) is 132 Å². The van der Waals surface area contributed by atoms with Gasteiger partial charge in [0, 0.05) is 154 Å². The van der Waals surface area contributed by atoms with Crippen LogP contribution in [0.1, 0.15) is 168 Å². The topological polar surface area (TPSA) is 506 Å². The smallest absolute Gasteiger partial charge is 0.425 e. The first-order valence-corrected chi connectivity index (χ1v) is 49.9. The van der Waals surface area contributed by atoms with Crippen molar-refractivity contribution in [3.8, 4) is 0 Å². The molecule has 688 valence electrons. The van der Waals surface area contributed by atoms with Gasteiger partial charge in [0.05, 0.1) is 32.1 Å². The molecule has 0 atom stereocenters. The third-order valence-electron chi connectivity index (χ3n) is 21.5. The number of carbonyl (C=O) groups excluding carboxylic acids is 2. The quantitative estimate of drug-likeness (QED) is 0.00458. The molecule has 0 aromatic heterocycles. The molecular formula is C82H107ClN6O28S8. The van der Waals surface area contributed by atoms with E-state index in [4.69, 9.17) is 47.3 Å². The van der Waals surface area contributed by atoms with Crippen molar-refractivity contribution < 1.29 is 135 Å². The first-order valence-electron chi connectivity index (χ1n) is 39.6. The Kier molecular flexibility index (Phi) is 41.5. The highest BCUT2D eigenvalue weighted by Crippen LogP contribution is 2.51. The Morgan fingerprint density at radius 3 is 1.31 bits per heavy atom. The summed E-state index contributed by atoms with van der Waals surface area (Å²) in [7, 11) is -23.4. The Labute approximate surface area is 747 Å². The molecule has 0 unspecified atom stereocenters. The number of fused-ring (bicyclic) bond motifs is 4. The number of carbonyl (C=O) groups is 2. The van der Waals surface area contributed by atoms with Crippen LogP contribution in [-0.2, 0) is 121 Å². The molecule has 4 aromatic rings. The second kappa shape index (κ2) is 49.0. The number of para-hydroxylation sites is 2. The fraction of sp³-hybridized carbons (Fsp3) is 0.463. The molecule has 0 saturated carbocycles. The Bertz CT molecular complexity index is 5510. The molecule has 34 nitrogen and oxygen atoms in total. The van der Waals surface area contributed by atoms with Gasteiger partial charge >= 0.3 is 21.2 Å². The fourth-order valence-corrected chi connectivity index (χ4v) is 19.1. The summed E-state index contributed by atoms with van der Waals surface area (Å²) < 4.78 is 206. The maximum Gasteiger partial charge on any atom is 0.425 e. The predicted octanol–water partition coefficient (Wildman–Crippen LogP) is 10.6. The van der Waals surface area contributed by atoms with Gasteiger partial charge in [0.25, 0.3) is 53.4 Å². The van der Waals surface area contributed by atoms with Crippen LogP contribution in [0.25, 0.3) is 0 Å². The van der Waals surface area contributed by atoms with E-state index in [-0.39, 0.29) is 51.6 Å². The molecule has 0 bridgehead atoms. The van der Waals surface area contributed by atoms with Crippen LogP contribution >= 0.6 is 35.7 Å². The molecule has 0 saturated heterocycles. The molecule has 4 aliphatic heterocycles. The first-order chi connectivity index (χ1) is 58.8. The van der Waals surface area contributed by atoms with Gasteiger partial charge in [-0.1, -0.05) is 100.0 Å². The summed E-state index contributed by atoms with van der Waals surface area (Å²) >= 11 is 9.14. The zero-order chi connectivity index (χ0) is 92.7. The second-order valence-corrected chi connectivity index (χ2v) is 39.9. The number of nitrogens with two attached hydrogens (primary N) is 1. The molecule has 2 aliphatic carbocycles. The van der Waals surface area contributed by atoms with Crippen LogP contribution < -0.4 is 31.4 Å². The van der Waals surface area contributed by atoms with Crippen LogP contribution in [-0.4, -0.2) is 186 Å². The van der Waals surface area contributed by atoms with E-state index < -0.39 is 72.5 Å². The lowest BCUT2D eigenvalue weighted by Gasteiger charge is -2.28. The van der Waals surface area contributed by atoms with Crippen LogP contribution in [0.4, 0.5) is 22.7 Å². The number of unbranched alkanes of at least 4 members (excludes halogenated alkanes) is 4. The first kappa shape index (κ1) is 106. The molecule has 4 heterocycles. The van der Waals surface area contributed by atoms with E-state index in [1.807, 2.05) is 67.9 Å². The minimum atomic E-state index is -4.47. The van der Waals surface area contributed by atoms with Gasteiger partial charge in [-0.15, -0.1) is 25.3 Å². The van der Waals surface area contributed by atoms with Gasteiger partial charge in [0.2, 0.25) is 11.4 Å². The van der Waals surface area contributed by atoms with Crippen LogP contribution in [0, 0.1) is 0 Å². The van der Waals surface area contributed by atoms with Crippen LogP contribution in [0.15, 0.2) is 188 Å². The molecular weight excluding hydrogens is 1810 g/mol. The summed E-state index contributed by atoms with van der Waals surface area (Å²) in [6, 6.07) is 25.8. The maximum absolute atomic E-state index is 12.1. The van der Waals surface area contributed by atoms with Crippen molar-refractivity contribution in [2.24, 2.45) is 5.73 Å². The highest BCUT2D eigenvalue weighted by molar-refractivity contribution is 7.94. The lowest BCUT2D eigenvalue weighted by atomic mass is 9.81. The van der Waals surface area contributed by atoms with Crippen LogP contribution in [0.5, 0.6) is 0 Å². The monoisotopic (exact) mass is 1910 g/mol. The van der Waals surface area contributed by atoms with E-state index in [9.17, 15) is 72.0 Å². The Balaban J connectivity index is 0.000000336. The van der Waals surface area contributed by atoms with E-state index in [0.717, 1.165) is 164 Å². The number of nitrogens with one attached hydrogen (secondary N) is 1. The number of halogens is 1. The van der Waals surface area contributed by atoms with Crippen molar-refractivity contribution in [3.63, 3.8) is 0 Å². The molecule has 7 N–H and O–H groups in total. The van der Waals surface area contributed by atoms with Crippen molar-refractivity contribution in [2.45, 2.75) is 177 Å². The molecule has 0 radical (unpaired) electrons. The summed E-state index contributed by atoms with van der Waals surface area (Å²) in [6.07, 6.45) is 26.5. The largest absolute Gasteiger partial charge is 0.691 e. The normalized spacial score (nSPS) is 18.0. The minimum Gasteiger partial charge on any atom is -0.691 e. The number of hydrogen-bond donors (Lipinski definition) is 6. The molecule has 4 aromatic carbocycles. The summed E-state index contributed by atoms with van der Waals surface area (Å²) in [4.78, 5) is 23.9. The van der Waals surface area contributed by atoms with Crippen LogP contribution in [0.2, 0.25) is 0 Å². The van der Waals surface area contributed by atoms with Gasteiger partial charge in [-0.2, -0.15) is 51.5 Å². The number of rotatable bonds is 40. The zero-order valence-electron chi connectivity index (χ0n) is 70.3. The molecule has 6 aliphatic rings. The number of anilines is 2. The summed E-state index contributed by atoms with van der Waals surface area (Å²) in [6.45, 7) is 21.3. The molecule has 125 heavy (non-hydrogen) atoms. The summed E-state index contributed by atoms with van der Waals surface area (Å²) in [5.41, 5.74) is 19.8. The van der Waals surface area contributed by atoms with E-state index in [1.54, 1.807) is 12.1 Å². The van der Waals surface area contributed by atoms with E-state index in [0.29, 0.717) is 86.2 Å². The molecule has 10 rings (SSSR count). The number of ether oxygens (including phenoxy) is 2. The van der Waals surface area contributed by atoms with Crippen LogP contribution in [0.3, 0.4) is 0 Å². The van der Waals surface area contributed by atoms with E-state index >= 15 is 0 Å². The average Bonchev–Trinajstić information content (AvgIpc) is 1.60. The van der Waals surface area contributed by atoms with Gasteiger partial charge in [0.15, 0.2) is 11.4 Å². The van der Waals surface area contributed by atoms with Crippen molar-refractivity contribution in [3.05, 3.63) is 200 Å². The zero-order valence-corrected chi connectivity index (χ0v) is 77.6. The van der Waals surface area contributed by atoms with Gasteiger partial charge in [-0.05, 0) is 187 Å². The maximum atomic E-state index is 12.1. The highest BCUT2D eigenvalue weighted by atomic mass is 35.5. The Morgan fingerprint density at radius 1 is 0.512 bits per heavy atom. The fourth-order valence-electron chi connectivity index (χ4n) is 15.8. The lowest BCUT2D eigenvalue weighted by Crippen LogP contribution is -2.28. The van der Waals surface area contributed by atoms with Gasteiger partial charge in [0.1, 0.15) is 26.3 Å². The third-order valence-corrected chi connectivity index (χ3v) is 26.5. The standard InChI is InChI=1S/C41H53N3O11S3.C38H47ClN2O9S3.C3H7NO2.2O3S/c1-40(2)33-14-5-6-15-35(33)43(23-7-9-26-56-55-54-46)37(40)20-16-30-12-11-13-31(39(30)42-22-25-53-29-45)17-21-38-41(3,4)34-28-32(58(50,51)52)18-19-36(34)44(38)24-8-10-27-57(47,48)49;1-37(2)30-14-5-6-15-32(30)40(22-7-9-24-51-50-49-42)34(37)20-16-27-12-11-13-28(36(27)39)17-21-35-38(3,4)31-26-29(53(46,47)48)18-19-33(31)41(35)23-8-10-25-52(43,44)45;4-1-2-6-3-5;2*1-4(2)3/h5-6,14-21,28-29H,7-13,22-27H2,1-4H3,(H3,46,47,48,49,50,51,52);5-6,14-21,26H,7-13,22-25H2,1-4H3,(H2-,42,43,44,45,46,47,48);3H,1-2,4H2;;/b31-17+,38-21+;;;;. The van der Waals surface area contributed by atoms with Crippen molar-refractivity contribution >= 4 is 144 Å². The number of hydrogen-bond acceptors (Lipinski definition) is 30. The number of nitrogens with zero attached hydrogens (tertiary/aromatic N) is 4. The lowest BCUT2D eigenvalue weighted by molar-refractivity contribution is -0.777. The summed E-state index contributed by atoms with van der Waals surface area (Å²) in [5, 5.41) is 31.4. The van der Waals surface area contributed by atoms with Crippen molar-refractivity contribution in [2.75, 3.05) is 85.3 Å². The molecule has 0 spiro atoms. The average molecular weight is 1920 g/mol. The van der Waals surface area contributed by atoms with Gasteiger partial charge in [-0.25, -0.2) is 0 Å². The minimum absolute atomic E-state index is 0.173. The SMILES string of the molecule is CC1(C)C(/C=C/C2=C(Cl)C(=C/C=C3/N(CCCCS(=O)(=O)O)c4ccc(S(=O)(=O)O)cc4C3(C)C)/CCC2)=[N+](CCCCSOO[O-])c2ccccc21.CC1(C)C(/C=C/C2=C(NCCOC=O)C(=C/C=C3/N(CCCCS(=O)(=O)O)c4ccc(S(=O)(=O)O)cc4C3(C)C)/CCC2)=[N+](CCCCSOO[O-])c2ccccc21.NCCOC=O.O=S(=O)=O.O=S(=O)=O. The summed E-state index contributed by atoms with van der Waals surface area (Å²) in [5.74, 6) is 0.529. The van der Waals surface area contributed by atoms with E-state index in [1.165, 1.54) is 46.8 Å². The van der Waals surface area contributed by atoms with Gasteiger partial charge in [-0.3, -0.25) is 37.9 Å². The molecule has 0 amide bonds. The number of allylic oxidation sites excluding steroid dienone is 15. The second-order valence-electron chi connectivity index (χ2n) is 31.2.